The molecule has 1 aromatic carbocycles. The first-order valence-corrected chi connectivity index (χ1v) is 5.76. The third kappa shape index (κ3) is 3.78. The molecule has 0 amide bonds. The van der Waals surface area contributed by atoms with Crippen molar-refractivity contribution in [3.63, 3.8) is 0 Å². The summed E-state index contributed by atoms with van der Waals surface area (Å²) in [5, 5.41) is 10.7. The van der Waals surface area contributed by atoms with Gasteiger partial charge in [0.05, 0.1) is 0 Å². The molecule has 1 aromatic rings. The first-order chi connectivity index (χ1) is 7.83. The monoisotopic (exact) mass is 297 g/mol. The molecule has 0 unspecified atom stereocenters. The molecule has 0 atom stereocenters. The molecular weight excluding hydrogens is 286 g/mol. The maximum absolute atomic E-state index is 11.7. The summed E-state index contributed by atoms with van der Waals surface area (Å²) in [6.07, 6.45) is 2.55. The van der Waals surface area contributed by atoms with Gasteiger partial charge in [0, 0.05) is 28.8 Å². The highest BCUT2D eigenvalue weighted by atomic mass is 79.9. The quantitative estimate of drug-likeness (QED) is 0.371. The minimum Gasteiger partial charge on any atom is -0.289 e. The first kappa shape index (κ1) is 13.6. The lowest BCUT2D eigenvalue weighted by Crippen LogP contribution is -2.28. The van der Waals surface area contributed by atoms with Gasteiger partial charge in [0.1, 0.15) is 0 Å². The molecule has 17 heavy (non-hydrogen) atoms. The van der Waals surface area contributed by atoms with E-state index in [0.717, 1.165) is 4.47 Å². The van der Waals surface area contributed by atoms with Crippen LogP contribution >= 0.6 is 15.9 Å². The summed E-state index contributed by atoms with van der Waals surface area (Å²) in [5.74, 6) is -0.243. The second-order valence-corrected chi connectivity index (χ2v) is 5.03. The van der Waals surface area contributed by atoms with Gasteiger partial charge in [0.25, 0.3) is 0 Å². The van der Waals surface area contributed by atoms with Gasteiger partial charge < -0.3 is 0 Å². The van der Waals surface area contributed by atoms with Crippen LogP contribution in [0.25, 0.3) is 0 Å². The summed E-state index contributed by atoms with van der Waals surface area (Å²) < 4.78 is 0.878. The van der Waals surface area contributed by atoms with Crippen LogP contribution in [0, 0.1) is 10.1 Å². The van der Waals surface area contributed by atoms with E-state index in [1.54, 1.807) is 24.3 Å². The Balaban J connectivity index is 2.83. The summed E-state index contributed by atoms with van der Waals surface area (Å²) in [6, 6.07) is 6.82. The fraction of sp³-hybridized carbons (Fsp3) is 0.250. The van der Waals surface area contributed by atoms with Gasteiger partial charge in [-0.1, -0.05) is 15.9 Å². The molecule has 5 heteroatoms. The summed E-state index contributed by atoms with van der Waals surface area (Å²) in [7, 11) is 0. The Hall–Kier alpha value is -1.49. The standard InChI is InChI=1S/C12H12BrNO3/c1-12(2,14(16)17)8-7-11(15)9-3-5-10(13)6-4-9/h3-8H,1-2H3. The summed E-state index contributed by atoms with van der Waals surface area (Å²) in [5.41, 5.74) is -0.728. The second-order valence-electron chi connectivity index (χ2n) is 4.12. The van der Waals surface area contributed by atoms with Crippen LogP contribution in [0.5, 0.6) is 0 Å². The van der Waals surface area contributed by atoms with Crippen molar-refractivity contribution >= 4 is 21.7 Å². The molecule has 90 valence electrons. The highest BCUT2D eigenvalue weighted by Gasteiger charge is 2.26. The number of allylic oxidation sites excluding steroid dienone is 1. The SMILES string of the molecule is CC(C)(C=CC(=O)c1ccc(Br)cc1)[N+](=O)[O-]. The highest BCUT2D eigenvalue weighted by Crippen LogP contribution is 2.13. The van der Waals surface area contributed by atoms with Gasteiger partial charge in [-0.3, -0.25) is 14.9 Å². The molecule has 0 fully saturated rings. The molecule has 0 aliphatic rings. The zero-order chi connectivity index (χ0) is 13.1. The Labute approximate surface area is 108 Å². The number of nitro groups is 1. The minimum atomic E-state index is -1.23. The third-order valence-corrected chi connectivity index (χ3v) is 2.77. The lowest BCUT2D eigenvalue weighted by atomic mass is 10.0. The Morgan fingerprint density at radius 1 is 1.35 bits per heavy atom. The molecule has 0 saturated heterocycles. The smallest absolute Gasteiger partial charge is 0.235 e. The van der Waals surface area contributed by atoms with E-state index < -0.39 is 10.5 Å². The Bertz CT molecular complexity index is 463. The van der Waals surface area contributed by atoms with E-state index in [9.17, 15) is 14.9 Å². The molecule has 0 N–H and O–H groups in total. The number of hydrogen-bond donors (Lipinski definition) is 0. The van der Waals surface area contributed by atoms with Crippen LogP contribution in [-0.2, 0) is 0 Å². The number of rotatable bonds is 4. The van der Waals surface area contributed by atoms with Gasteiger partial charge >= 0.3 is 0 Å². The zero-order valence-corrected chi connectivity index (χ0v) is 11.1. The molecule has 0 aliphatic heterocycles. The summed E-state index contributed by atoms with van der Waals surface area (Å²) >= 11 is 3.27. The van der Waals surface area contributed by atoms with Gasteiger partial charge in [0.2, 0.25) is 5.54 Å². The van der Waals surface area contributed by atoms with E-state index in [-0.39, 0.29) is 5.78 Å². The van der Waals surface area contributed by atoms with Crippen molar-refractivity contribution in [2.45, 2.75) is 19.4 Å². The maximum atomic E-state index is 11.7. The normalized spacial score (nSPS) is 11.7. The maximum Gasteiger partial charge on any atom is 0.235 e. The predicted octanol–water partition coefficient (Wildman–Crippen LogP) is 3.24. The number of carbonyl (C=O) groups excluding carboxylic acids is 1. The molecular formula is C12H12BrNO3. The Kier molecular flexibility index (Phi) is 4.17. The number of nitrogens with zero attached hydrogens (tertiary/aromatic N) is 1. The van der Waals surface area contributed by atoms with E-state index >= 15 is 0 Å². The number of carbonyl (C=O) groups is 1. The summed E-state index contributed by atoms with van der Waals surface area (Å²) in [6.45, 7) is 2.89. The van der Waals surface area contributed by atoms with Crippen molar-refractivity contribution in [2.75, 3.05) is 0 Å². The molecule has 0 bridgehead atoms. The molecule has 0 aliphatic carbocycles. The molecule has 0 heterocycles. The summed E-state index contributed by atoms with van der Waals surface area (Å²) in [4.78, 5) is 21.9. The second kappa shape index (κ2) is 5.23. The van der Waals surface area contributed by atoms with Crippen LogP contribution in [-0.4, -0.2) is 16.2 Å². The fourth-order valence-corrected chi connectivity index (χ4v) is 1.32. The largest absolute Gasteiger partial charge is 0.289 e. The highest BCUT2D eigenvalue weighted by molar-refractivity contribution is 9.10. The van der Waals surface area contributed by atoms with Crippen molar-refractivity contribution in [3.8, 4) is 0 Å². The number of ketones is 1. The van der Waals surface area contributed by atoms with Crippen molar-refractivity contribution < 1.29 is 9.72 Å². The van der Waals surface area contributed by atoms with Crippen LogP contribution in [0.4, 0.5) is 0 Å². The number of halogens is 1. The zero-order valence-electron chi connectivity index (χ0n) is 9.51. The third-order valence-electron chi connectivity index (χ3n) is 2.24. The lowest BCUT2D eigenvalue weighted by molar-refractivity contribution is -0.545. The van der Waals surface area contributed by atoms with Crippen LogP contribution in [0.1, 0.15) is 24.2 Å². The molecule has 0 saturated carbocycles. The number of hydrogen-bond acceptors (Lipinski definition) is 3. The molecule has 0 aromatic heterocycles. The van der Waals surface area contributed by atoms with Crippen LogP contribution in [0.3, 0.4) is 0 Å². The molecule has 4 nitrogen and oxygen atoms in total. The Morgan fingerprint density at radius 2 is 1.88 bits per heavy atom. The molecule has 0 spiro atoms. The molecule has 1 rings (SSSR count). The van der Waals surface area contributed by atoms with Gasteiger partial charge in [-0.15, -0.1) is 0 Å². The topological polar surface area (TPSA) is 60.2 Å². The van der Waals surface area contributed by atoms with E-state index in [0.29, 0.717) is 5.56 Å². The van der Waals surface area contributed by atoms with Gasteiger partial charge in [-0.25, -0.2) is 0 Å². The predicted molar refractivity (Wildman–Crippen MR) is 68.7 cm³/mol. The van der Waals surface area contributed by atoms with E-state index in [2.05, 4.69) is 15.9 Å². The van der Waals surface area contributed by atoms with Crippen LogP contribution in [0.15, 0.2) is 40.9 Å². The first-order valence-electron chi connectivity index (χ1n) is 4.96. The Morgan fingerprint density at radius 3 is 2.35 bits per heavy atom. The van der Waals surface area contributed by atoms with Crippen molar-refractivity contribution in [2.24, 2.45) is 0 Å². The lowest BCUT2D eigenvalue weighted by Gasteiger charge is -2.09. The van der Waals surface area contributed by atoms with Crippen molar-refractivity contribution in [1.82, 2.24) is 0 Å². The van der Waals surface area contributed by atoms with Gasteiger partial charge in [0.15, 0.2) is 5.78 Å². The van der Waals surface area contributed by atoms with E-state index in [1.807, 2.05) is 0 Å². The van der Waals surface area contributed by atoms with E-state index in [4.69, 9.17) is 0 Å². The van der Waals surface area contributed by atoms with Gasteiger partial charge in [-0.2, -0.15) is 0 Å². The van der Waals surface area contributed by atoms with Crippen molar-refractivity contribution in [1.29, 1.82) is 0 Å². The fourth-order valence-electron chi connectivity index (χ4n) is 1.05. The van der Waals surface area contributed by atoms with Crippen LogP contribution < -0.4 is 0 Å². The van der Waals surface area contributed by atoms with Crippen LogP contribution in [0.2, 0.25) is 0 Å². The minimum absolute atomic E-state index is 0.243. The molecule has 0 radical (unpaired) electrons. The van der Waals surface area contributed by atoms with Crippen molar-refractivity contribution in [3.05, 3.63) is 56.6 Å². The average molecular weight is 298 g/mol. The number of benzene rings is 1. The average Bonchev–Trinajstić information content (AvgIpc) is 2.27. The van der Waals surface area contributed by atoms with Gasteiger partial charge in [-0.05, 0) is 36.4 Å². The van der Waals surface area contributed by atoms with E-state index in [1.165, 1.54) is 26.0 Å².